The number of alkyl halides is 2. The van der Waals surface area contributed by atoms with Crippen LogP contribution in [0.2, 0.25) is 0 Å². The van der Waals surface area contributed by atoms with Gasteiger partial charge in [-0.05, 0) is 6.92 Å². The molecule has 0 bridgehead atoms. The maximum absolute atomic E-state index is 13.3. The number of nitrogens with zero attached hydrogens (tertiary/aromatic N) is 3. The molecule has 1 aliphatic heterocycles. The van der Waals surface area contributed by atoms with Gasteiger partial charge < -0.3 is 11.1 Å². The lowest BCUT2D eigenvalue weighted by Gasteiger charge is -2.14. The summed E-state index contributed by atoms with van der Waals surface area (Å²) in [5, 5.41) is 2.85. The molecule has 1 heterocycles. The Balaban J connectivity index is 2.87. The summed E-state index contributed by atoms with van der Waals surface area (Å²) in [6.45, 7) is 1.89. The Morgan fingerprint density at radius 1 is 1.44 bits per heavy atom. The van der Waals surface area contributed by atoms with Crippen LogP contribution in [0.4, 0.5) is 8.78 Å². The molecular weight excluding hydrogens is 240 g/mol. The Hall–Kier alpha value is -1.79. The Morgan fingerprint density at radius 2 is 2.17 bits per heavy atom. The minimum absolute atomic E-state index is 0.00711. The van der Waals surface area contributed by atoms with Crippen molar-refractivity contribution < 1.29 is 8.78 Å². The number of aliphatic imine (C=N–C) groups is 3. The molecule has 0 spiro atoms. The van der Waals surface area contributed by atoms with Crippen LogP contribution in [0.1, 0.15) is 19.8 Å². The van der Waals surface area contributed by atoms with Crippen molar-refractivity contribution in [2.45, 2.75) is 25.7 Å². The maximum Gasteiger partial charge on any atom is 0.251 e. The van der Waals surface area contributed by atoms with Crippen molar-refractivity contribution in [3.63, 3.8) is 0 Å². The van der Waals surface area contributed by atoms with E-state index in [0.29, 0.717) is 5.84 Å². The summed E-state index contributed by atoms with van der Waals surface area (Å²) in [6, 6.07) is 0. The molecule has 0 atom stereocenters. The third-order valence-electron chi connectivity index (χ3n) is 2.29. The van der Waals surface area contributed by atoms with E-state index in [9.17, 15) is 8.78 Å². The predicted molar refractivity (Wildman–Crippen MR) is 69.4 cm³/mol. The van der Waals surface area contributed by atoms with Gasteiger partial charge in [-0.1, -0.05) is 0 Å². The number of hydrogen-bond acceptors (Lipinski definition) is 4. The molecule has 0 aliphatic carbocycles. The van der Waals surface area contributed by atoms with Gasteiger partial charge in [-0.3, -0.25) is 9.98 Å². The highest BCUT2D eigenvalue weighted by Crippen LogP contribution is 2.22. The number of nitrogens with one attached hydrogen (secondary N) is 1. The third kappa shape index (κ3) is 5.51. The quantitative estimate of drug-likeness (QED) is 0.507. The Kier molecular flexibility index (Phi) is 5.41. The Bertz CT molecular complexity index is 385. The fourth-order valence-corrected chi connectivity index (χ4v) is 1.33. The van der Waals surface area contributed by atoms with Crippen LogP contribution in [0.15, 0.2) is 26.8 Å². The van der Waals surface area contributed by atoms with Crippen LogP contribution in [0.3, 0.4) is 0 Å². The van der Waals surface area contributed by atoms with Gasteiger partial charge in [-0.25, -0.2) is 13.8 Å². The summed E-state index contributed by atoms with van der Waals surface area (Å²) < 4.78 is 26.7. The monoisotopic (exact) mass is 257 g/mol. The van der Waals surface area contributed by atoms with Crippen molar-refractivity contribution in [1.82, 2.24) is 5.32 Å². The van der Waals surface area contributed by atoms with Crippen molar-refractivity contribution in [1.29, 1.82) is 0 Å². The van der Waals surface area contributed by atoms with Crippen molar-refractivity contribution >= 4 is 18.5 Å². The van der Waals surface area contributed by atoms with Crippen molar-refractivity contribution in [3.05, 3.63) is 11.8 Å². The number of rotatable bonds is 0. The van der Waals surface area contributed by atoms with Crippen LogP contribution in [0.5, 0.6) is 0 Å². The van der Waals surface area contributed by atoms with Gasteiger partial charge in [-0.15, -0.1) is 0 Å². The highest BCUT2D eigenvalue weighted by Gasteiger charge is 2.27. The maximum atomic E-state index is 13.3. The summed E-state index contributed by atoms with van der Waals surface area (Å²) >= 11 is 0. The van der Waals surface area contributed by atoms with Gasteiger partial charge in [-0.2, -0.15) is 0 Å². The molecule has 7 heteroatoms. The molecule has 0 aromatic heterocycles. The summed E-state index contributed by atoms with van der Waals surface area (Å²) in [6.07, 6.45) is 3.51. The summed E-state index contributed by atoms with van der Waals surface area (Å²) in [7, 11) is 0. The molecule has 5 nitrogen and oxygen atoms in total. The van der Waals surface area contributed by atoms with E-state index in [1.807, 2.05) is 0 Å². The Labute approximate surface area is 105 Å². The normalized spacial score (nSPS) is 24.4. The highest BCUT2D eigenvalue weighted by atomic mass is 19.3. The first-order valence-electron chi connectivity index (χ1n) is 5.63. The zero-order valence-electron chi connectivity index (χ0n) is 10.2. The second-order valence-corrected chi connectivity index (χ2v) is 3.88. The van der Waals surface area contributed by atoms with Crippen LogP contribution in [-0.4, -0.2) is 37.5 Å². The Morgan fingerprint density at radius 3 is 2.89 bits per heavy atom. The van der Waals surface area contributed by atoms with E-state index in [1.54, 1.807) is 13.0 Å². The van der Waals surface area contributed by atoms with E-state index in [0.717, 1.165) is 12.0 Å². The first kappa shape index (κ1) is 14.3. The fourth-order valence-electron chi connectivity index (χ4n) is 1.33. The van der Waals surface area contributed by atoms with E-state index in [2.05, 4.69) is 20.3 Å². The van der Waals surface area contributed by atoms with E-state index in [4.69, 9.17) is 5.73 Å². The van der Waals surface area contributed by atoms with Crippen LogP contribution >= 0.6 is 0 Å². The standard InChI is InChI=1S/C11H17F2N5/c1-9-6-10(17-7-14)16-5-3-11(12,13)2-4-15-8-18-9/h6-8H,2-5H2,1H3,(H,15,18)(H2,14,16,17)/b9-6-. The zero-order chi connectivity index (χ0) is 13.4. The molecule has 1 rings (SSSR count). The lowest BCUT2D eigenvalue weighted by molar-refractivity contribution is -0.0108. The van der Waals surface area contributed by atoms with Crippen molar-refractivity contribution in [2.24, 2.45) is 20.7 Å². The molecule has 18 heavy (non-hydrogen) atoms. The van der Waals surface area contributed by atoms with E-state index >= 15 is 0 Å². The number of halogens is 2. The van der Waals surface area contributed by atoms with Crippen LogP contribution in [0.25, 0.3) is 0 Å². The zero-order valence-corrected chi connectivity index (χ0v) is 10.2. The number of amidine groups is 1. The van der Waals surface area contributed by atoms with Crippen molar-refractivity contribution in [3.8, 4) is 0 Å². The molecule has 0 fully saturated rings. The van der Waals surface area contributed by atoms with E-state index in [-0.39, 0.29) is 25.9 Å². The lowest BCUT2D eigenvalue weighted by Crippen LogP contribution is -2.20. The first-order valence-corrected chi connectivity index (χ1v) is 5.63. The summed E-state index contributed by atoms with van der Waals surface area (Å²) in [5.41, 5.74) is 5.94. The average Bonchev–Trinajstić information content (AvgIpc) is 2.27. The molecule has 0 unspecified atom stereocenters. The summed E-state index contributed by atoms with van der Waals surface area (Å²) in [5.74, 6) is -2.44. The van der Waals surface area contributed by atoms with Gasteiger partial charge >= 0.3 is 0 Å². The summed E-state index contributed by atoms with van der Waals surface area (Å²) in [4.78, 5) is 11.7. The molecule has 0 amide bonds. The topological polar surface area (TPSA) is 75.1 Å². The number of hydrogen-bond donors (Lipinski definition) is 2. The second kappa shape index (κ2) is 6.83. The van der Waals surface area contributed by atoms with Gasteiger partial charge in [0.1, 0.15) is 0 Å². The minimum Gasteiger partial charge on any atom is -0.390 e. The van der Waals surface area contributed by atoms with Gasteiger partial charge in [0.2, 0.25) is 0 Å². The predicted octanol–water partition coefficient (Wildman–Crippen LogP) is 1.32. The van der Waals surface area contributed by atoms with Gasteiger partial charge in [0.05, 0.1) is 12.7 Å². The van der Waals surface area contributed by atoms with Gasteiger partial charge in [0, 0.05) is 37.7 Å². The molecule has 3 N–H and O–H groups in total. The smallest absolute Gasteiger partial charge is 0.251 e. The lowest BCUT2D eigenvalue weighted by atomic mass is 10.1. The van der Waals surface area contributed by atoms with Gasteiger partial charge in [0.15, 0.2) is 5.84 Å². The molecular formula is C11H17F2N5. The molecule has 1 aliphatic rings. The third-order valence-corrected chi connectivity index (χ3v) is 2.29. The molecule has 0 radical (unpaired) electrons. The fraction of sp³-hybridized carbons (Fsp3) is 0.545. The SMILES string of the molecule is C/C1=C/C(N=CN)=NCCC(F)(F)CCN=CN1. The van der Waals surface area contributed by atoms with E-state index in [1.165, 1.54) is 6.34 Å². The van der Waals surface area contributed by atoms with Crippen LogP contribution < -0.4 is 11.1 Å². The minimum atomic E-state index is -2.75. The number of nitrogens with two attached hydrogens (primary N) is 1. The first-order chi connectivity index (χ1) is 8.53. The van der Waals surface area contributed by atoms with Crippen LogP contribution in [0, 0.1) is 0 Å². The average molecular weight is 257 g/mol. The van der Waals surface area contributed by atoms with Gasteiger partial charge in [0.25, 0.3) is 5.92 Å². The highest BCUT2D eigenvalue weighted by molar-refractivity contribution is 5.98. The van der Waals surface area contributed by atoms with Crippen molar-refractivity contribution in [2.75, 3.05) is 13.1 Å². The molecule has 0 saturated heterocycles. The second-order valence-electron chi connectivity index (χ2n) is 3.88. The molecule has 0 aromatic carbocycles. The molecule has 0 saturated carbocycles. The molecule has 100 valence electrons. The largest absolute Gasteiger partial charge is 0.390 e. The van der Waals surface area contributed by atoms with Crippen LogP contribution in [-0.2, 0) is 0 Å². The van der Waals surface area contributed by atoms with E-state index < -0.39 is 5.92 Å². The number of allylic oxidation sites excluding steroid dienone is 1. The molecule has 0 aromatic rings.